The summed E-state index contributed by atoms with van der Waals surface area (Å²) in [6.07, 6.45) is 4.85. The second kappa shape index (κ2) is 5.78. The van der Waals surface area contributed by atoms with Crippen molar-refractivity contribution in [2.75, 3.05) is 18.7 Å². The summed E-state index contributed by atoms with van der Waals surface area (Å²) in [6.45, 7) is 3.51. The summed E-state index contributed by atoms with van der Waals surface area (Å²) in [7, 11) is -3.41. The number of carbonyl (C=O) groups excluding carboxylic acids is 1. The number of sulfone groups is 1. The lowest BCUT2D eigenvalue weighted by Gasteiger charge is -2.41. The van der Waals surface area contributed by atoms with Crippen LogP contribution in [0.2, 0.25) is 0 Å². The largest absolute Gasteiger partial charge is 0.338 e. The van der Waals surface area contributed by atoms with E-state index in [1.54, 1.807) is 4.90 Å². The molecule has 0 spiro atoms. The van der Waals surface area contributed by atoms with Gasteiger partial charge in [0.05, 0.1) is 0 Å². The van der Waals surface area contributed by atoms with Crippen LogP contribution in [-0.2, 0) is 14.6 Å². The second-order valence-electron chi connectivity index (χ2n) is 5.41. The first-order chi connectivity index (χ1) is 8.21. The Morgan fingerprint density at radius 1 is 1.39 bits per heavy atom. The van der Waals surface area contributed by atoms with Crippen LogP contribution < -0.4 is 0 Å². The molecule has 0 saturated heterocycles. The highest BCUT2D eigenvalue weighted by Crippen LogP contribution is 2.29. The number of hydrogen-bond donors (Lipinski definition) is 0. The van der Waals surface area contributed by atoms with E-state index in [9.17, 15) is 13.2 Å². The average molecular weight is 296 g/mol. The number of rotatable bonds is 6. The highest BCUT2D eigenvalue weighted by atomic mass is 35.5. The third-order valence-corrected chi connectivity index (χ3v) is 6.05. The molecule has 0 unspecified atom stereocenters. The molecule has 106 valence electrons. The molecule has 0 aliphatic heterocycles. The van der Waals surface area contributed by atoms with Gasteiger partial charge in [0.2, 0.25) is 5.91 Å². The van der Waals surface area contributed by atoms with E-state index in [4.69, 9.17) is 11.6 Å². The molecule has 0 aromatic carbocycles. The SMILES string of the molecule is CC(C)(C(=O)N(CCCCl)C1CCC1)S(C)(=O)=O. The maximum atomic E-state index is 12.5. The number of nitrogens with zero attached hydrogens (tertiary/aromatic N) is 1. The summed E-state index contributed by atoms with van der Waals surface area (Å²) in [4.78, 5) is 14.2. The zero-order valence-corrected chi connectivity index (χ0v) is 12.9. The molecule has 0 radical (unpaired) electrons. The maximum absolute atomic E-state index is 12.5. The Labute approximate surface area is 115 Å². The second-order valence-corrected chi connectivity index (χ2v) is 8.35. The van der Waals surface area contributed by atoms with Gasteiger partial charge < -0.3 is 4.90 Å². The van der Waals surface area contributed by atoms with Gasteiger partial charge in [-0.25, -0.2) is 8.42 Å². The van der Waals surface area contributed by atoms with Crippen LogP contribution in [0.3, 0.4) is 0 Å². The molecule has 1 fully saturated rings. The van der Waals surface area contributed by atoms with E-state index in [0.717, 1.165) is 25.5 Å². The van der Waals surface area contributed by atoms with Gasteiger partial charge in [-0.15, -0.1) is 11.6 Å². The lowest BCUT2D eigenvalue weighted by molar-refractivity contribution is -0.137. The van der Waals surface area contributed by atoms with E-state index < -0.39 is 14.6 Å². The zero-order chi connectivity index (χ0) is 14.0. The molecule has 6 heteroatoms. The van der Waals surface area contributed by atoms with Crippen molar-refractivity contribution in [3.8, 4) is 0 Å². The van der Waals surface area contributed by atoms with Crippen molar-refractivity contribution in [2.45, 2.75) is 50.3 Å². The van der Waals surface area contributed by atoms with Crippen LogP contribution in [-0.4, -0.2) is 48.7 Å². The molecule has 0 bridgehead atoms. The molecular weight excluding hydrogens is 274 g/mol. The number of amides is 1. The van der Waals surface area contributed by atoms with E-state index in [2.05, 4.69) is 0 Å². The Hall–Kier alpha value is -0.290. The highest BCUT2D eigenvalue weighted by Gasteiger charge is 2.43. The van der Waals surface area contributed by atoms with Gasteiger partial charge >= 0.3 is 0 Å². The van der Waals surface area contributed by atoms with E-state index in [1.807, 2.05) is 0 Å². The summed E-state index contributed by atoms with van der Waals surface area (Å²) in [5, 5.41) is 0. The van der Waals surface area contributed by atoms with Crippen LogP contribution in [0.1, 0.15) is 39.5 Å². The van der Waals surface area contributed by atoms with E-state index in [0.29, 0.717) is 18.8 Å². The minimum Gasteiger partial charge on any atom is -0.338 e. The van der Waals surface area contributed by atoms with Gasteiger partial charge in [0.25, 0.3) is 0 Å². The third-order valence-electron chi connectivity index (χ3n) is 3.75. The van der Waals surface area contributed by atoms with Gasteiger partial charge in [-0.3, -0.25) is 4.79 Å². The van der Waals surface area contributed by atoms with Gasteiger partial charge in [-0.2, -0.15) is 0 Å². The predicted molar refractivity (Wildman–Crippen MR) is 73.6 cm³/mol. The van der Waals surface area contributed by atoms with Gasteiger partial charge in [0.15, 0.2) is 9.84 Å². The molecule has 0 aromatic rings. The third kappa shape index (κ3) is 3.18. The van der Waals surface area contributed by atoms with Gasteiger partial charge in [-0.1, -0.05) is 0 Å². The molecular formula is C12H22ClNO3S. The Morgan fingerprint density at radius 2 is 1.94 bits per heavy atom. The normalized spacial score (nSPS) is 17.3. The van der Waals surface area contributed by atoms with Gasteiger partial charge in [-0.05, 0) is 39.5 Å². The molecule has 0 atom stereocenters. The molecule has 18 heavy (non-hydrogen) atoms. The number of alkyl halides is 1. The Balaban J connectivity index is 2.87. The van der Waals surface area contributed by atoms with E-state index in [1.165, 1.54) is 13.8 Å². The summed E-state index contributed by atoms with van der Waals surface area (Å²) in [5.41, 5.74) is 0. The van der Waals surface area contributed by atoms with E-state index >= 15 is 0 Å². The predicted octanol–water partition coefficient (Wildman–Crippen LogP) is 1.82. The Bertz CT molecular complexity index is 402. The lowest BCUT2D eigenvalue weighted by Crippen LogP contribution is -2.55. The van der Waals surface area contributed by atoms with E-state index in [-0.39, 0.29) is 11.9 Å². The quantitative estimate of drug-likeness (QED) is 0.702. The molecule has 0 heterocycles. The minimum atomic E-state index is -3.41. The molecule has 1 aliphatic carbocycles. The van der Waals surface area contributed by atoms with Crippen LogP contribution in [0, 0.1) is 0 Å². The fourth-order valence-corrected chi connectivity index (χ4v) is 2.44. The maximum Gasteiger partial charge on any atom is 0.243 e. The Kier molecular flexibility index (Phi) is 5.06. The molecule has 1 aliphatic rings. The summed E-state index contributed by atoms with van der Waals surface area (Å²) >= 11 is 5.66. The minimum absolute atomic E-state index is 0.196. The molecule has 0 N–H and O–H groups in total. The summed E-state index contributed by atoms with van der Waals surface area (Å²) in [5.74, 6) is 0.190. The zero-order valence-electron chi connectivity index (χ0n) is 11.3. The first kappa shape index (κ1) is 15.8. The summed E-state index contributed by atoms with van der Waals surface area (Å²) in [6, 6.07) is 0.196. The van der Waals surface area contributed by atoms with Crippen molar-refractivity contribution < 1.29 is 13.2 Å². The Morgan fingerprint density at radius 3 is 2.28 bits per heavy atom. The van der Waals surface area contributed by atoms with Crippen LogP contribution in [0.5, 0.6) is 0 Å². The fraction of sp³-hybridized carbons (Fsp3) is 0.917. The van der Waals surface area contributed by atoms with Crippen molar-refractivity contribution in [1.29, 1.82) is 0 Å². The van der Waals surface area contributed by atoms with Crippen molar-refractivity contribution in [1.82, 2.24) is 4.90 Å². The van der Waals surface area contributed by atoms with Gasteiger partial charge in [0.1, 0.15) is 4.75 Å². The van der Waals surface area contributed by atoms with Gasteiger partial charge in [0, 0.05) is 24.7 Å². The van der Waals surface area contributed by atoms with Crippen LogP contribution >= 0.6 is 11.6 Å². The first-order valence-electron chi connectivity index (χ1n) is 6.28. The molecule has 4 nitrogen and oxygen atoms in total. The van der Waals surface area contributed by atoms with Crippen molar-refractivity contribution in [3.05, 3.63) is 0 Å². The fourth-order valence-electron chi connectivity index (χ4n) is 1.88. The summed E-state index contributed by atoms with van der Waals surface area (Å²) < 4.78 is 22.1. The monoisotopic (exact) mass is 295 g/mol. The highest BCUT2D eigenvalue weighted by molar-refractivity contribution is 7.92. The van der Waals surface area contributed by atoms with Crippen molar-refractivity contribution in [2.24, 2.45) is 0 Å². The number of halogens is 1. The van der Waals surface area contributed by atoms with Crippen LogP contribution in [0.4, 0.5) is 0 Å². The number of hydrogen-bond acceptors (Lipinski definition) is 3. The standard InChI is InChI=1S/C12H22ClNO3S/c1-12(2,18(3,16)17)11(15)14(9-5-8-13)10-6-4-7-10/h10H,4-9H2,1-3H3. The molecule has 1 saturated carbocycles. The van der Waals surface area contributed by atoms with Crippen LogP contribution in [0.15, 0.2) is 0 Å². The topological polar surface area (TPSA) is 54.5 Å². The van der Waals surface area contributed by atoms with Crippen molar-refractivity contribution in [3.63, 3.8) is 0 Å². The average Bonchev–Trinajstić information content (AvgIpc) is 2.18. The molecule has 0 aromatic heterocycles. The first-order valence-corrected chi connectivity index (χ1v) is 8.71. The number of carbonyl (C=O) groups is 1. The smallest absolute Gasteiger partial charge is 0.243 e. The van der Waals surface area contributed by atoms with Crippen LogP contribution in [0.25, 0.3) is 0 Å². The lowest BCUT2D eigenvalue weighted by atomic mass is 9.90. The molecule has 1 amide bonds. The van der Waals surface area contributed by atoms with Crippen molar-refractivity contribution >= 4 is 27.3 Å². The molecule has 1 rings (SSSR count).